The van der Waals surface area contributed by atoms with Crippen molar-refractivity contribution in [2.24, 2.45) is 0 Å². The largest absolute Gasteiger partial charge is 0.497 e. The van der Waals surface area contributed by atoms with Gasteiger partial charge in [0.25, 0.3) is 0 Å². The first kappa shape index (κ1) is 17.4. The molecule has 2 aromatic carbocycles. The standard InChI is InChI=1S/C19H21ClN2O3/c1-5-24-17-9-12(8-14(20)18(17)25-11(2)3)19-21-15-7-6-13(23-4)10-16(15)22-19/h6-11H,5H2,1-4H3,(H,21,22). The van der Waals surface area contributed by atoms with E-state index in [2.05, 4.69) is 9.97 Å². The van der Waals surface area contributed by atoms with E-state index in [-0.39, 0.29) is 6.10 Å². The van der Waals surface area contributed by atoms with E-state index in [1.165, 1.54) is 0 Å². The average molecular weight is 361 g/mol. The molecule has 6 heteroatoms. The van der Waals surface area contributed by atoms with Gasteiger partial charge in [-0.25, -0.2) is 4.98 Å². The topological polar surface area (TPSA) is 56.4 Å². The molecule has 1 N–H and O–H groups in total. The molecule has 0 amide bonds. The van der Waals surface area contributed by atoms with Crippen molar-refractivity contribution >= 4 is 22.6 Å². The first-order chi connectivity index (χ1) is 12.0. The van der Waals surface area contributed by atoms with Gasteiger partial charge in [-0.1, -0.05) is 11.6 Å². The zero-order valence-corrected chi connectivity index (χ0v) is 15.5. The van der Waals surface area contributed by atoms with Crippen LogP contribution in [0.25, 0.3) is 22.4 Å². The van der Waals surface area contributed by atoms with Crippen LogP contribution < -0.4 is 14.2 Å². The van der Waals surface area contributed by atoms with Gasteiger partial charge in [-0.15, -0.1) is 0 Å². The maximum absolute atomic E-state index is 6.44. The molecule has 5 nitrogen and oxygen atoms in total. The van der Waals surface area contributed by atoms with Crippen molar-refractivity contribution in [2.45, 2.75) is 26.9 Å². The van der Waals surface area contributed by atoms with Crippen LogP contribution in [-0.4, -0.2) is 29.8 Å². The molecule has 0 fully saturated rings. The molecule has 0 unspecified atom stereocenters. The van der Waals surface area contributed by atoms with Crippen molar-refractivity contribution < 1.29 is 14.2 Å². The minimum absolute atomic E-state index is 0.00113. The maximum Gasteiger partial charge on any atom is 0.180 e. The van der Waals surface area contributed by atoms with Gasteiger partial charge in [0, 0.05) is 11.6 Å². The molecular formula is C19H21ClN2O3. The lowest BCUT2D eigenvalue weighted by Gasteiger charge is -2.16. The van der Waals surface area contributed by atoms with Gasteiger partial charge in [0.05, 0.1) is 35.9 Å². The van der Waals surface area contributed by atoms with Crippen molar-refractivity contribution in [3.05, 3.63) is 35.4 Å². The zero-order chi connectivity index (χ0) is 18.0. The Kier molecular flexibility index (Phi) is 5.04. The molecule has 0 aliphatic carbocycles. The lowest BCUT2D eigenvalue weighted by molar-refractivity contribution is 0.224. The summed E-state index contributed by atoms with van der Waals surface area (Å²) in [4.78, 5) is 7.92. The van der Waals surface area contributed by atoms with Crippen LogP contribution in [-0.2, 0) is 0 Å². The van der Waals surface area contributed by atoms with E-state index in [4.69, 9.17) is 25.8 Å². The number of aromatic nitrogens is 2. The normalized spacial score (nSPS) is 11.1. The third-order valence-corrected chi connectivity index (χ3v) is 3.91. The van der Waals surface area contributed by atoms with Crippen LogP contribution in [0.3, 0.4) is 0 Å². The number of hydrogen-bond donors (Lipinski definition) is 1. The molecule has 0 aliphatic heterocycles. The molecule has 1 heterocycles. The van der Waals surface area contributed by atoms with Crippen molar-refractivity contribution in [3.63, 3.8) is 0 Å². The van der Waals surface area contributed by atoms with Crippen LogP contribution in [0.2, 0.25) is 5.02 Å². The van der Waals surface area contributed by atoms with Crippen molar-refractivity contribution in [1.82, 2.24) is 9.97 Å². The molecule has 132 valence electrons. The van der Waals surface area contributed by atoms with E-state index in [0.29, 0.717) is 29.0 Å². The zero-order valence-electron chi connectivity index (χ0n) is 14.7. The van der Waals surface area contributed by atoms with Gasteiger partial charge in [0.15, 0.2) is 11.5 Å². The number of imidazole rings is 1. The van der Waals surface area contributed by atoms with E-state index >= 15 is 0 Å². The summed E-state index contributed by atoms with van der Waals surface area (Å²) in [5.41, 5.74) is 2.58. The monoisotopic (exact) mass is 360 g/mol. The van der Waals surface area contributed by atoms with Gasteiger partial charge in [-0.3, -0.25) is 0 Å². The molecule has 3 aromatic rings. The number of ether oxygens (including phenoxy) is 3. The highest BCUT2D eigenvalue weighted by Crippen LogP contribution is 2.40. The SMILES string of the molecule is CCOc1cc(-c2nc3ccc(OC)cc3[nH]2)cc(Cl)c1OC(C)C. The summed E-state index contributed by atoms with van der Waals surface area (Å²) in [5.74, 6) is 2.65. The Labute approximate surface area is 151 Å². The Balaban J connectivity index is 2.07. The number of methoxy groups -OCH3 is 1. The second-order valence-corrected chi connectivity index (χ2v) is 6.26. The van der Waals surface area contributed by atoms with E-state index in [9.17, 15) is 0 Å². The number of fused-ring (bicyclic) bond motifs is 1. The molecule has 1 aromatic heterocycles. The lowest BCUT2D eigenvalue weighted by atomic mass is 10.2. The Bertz CT molecular complexity index is 890. The minimum Gasteiger partial charge on any atom is -0.497 e. The number of nitrogens with one attached hydrogen (secondary N) is 1. The predicted molar refractivity (Wildman–Crippen MR) is 100 cm³/mol. The molecule has 0 atom stereocenters. The quantitative estimate of drug-likeness (QED) is 0.666. The van der Waals surface area contributed by atoms with E-state index in [1.54, 1.807) is 7.11 Å². The fraction of sp³-hybridized carbons (Fsp3) is 0.316. The lowest BCUT2D eigenvalue weighted by Crippen LogP contribution is -2.08. The summed E-state index contributed by atoms with van der Waals surface area (Å²) in [6, 6.07) is 9.42. The van der Waals surface area contributed by atoms with E-state index in [1.807, 2.05) is 51.1 Å². The summed E-state index contributed by atoms with van der Waals surface area (Å²) >= 11 is 6.44. The Morgan fingerprint density at radius 1 is 1.20 bits per heavy atom. The van der Waals surface area contributed by atoms with Crippen LogP contribution in [0, 0.1) is 0 Å². The average Bonchev–Trinajstić information content (AvgIpc) is 3.00. The summed E-state index contributed by atoms with van der Waals surface area (Å²) in [6.45, 7) is 6.35. The van der Waals surface area contributed by atoms with Gasteiger partial charge < -0.3 is 19.2 Å². The molecule has 0 saturated carbocycles. The van der Waals surface area contributed by atoms with Crippen molar-refractivity contribution in [3.8, 4) is 28.6 Å². The Morgan fingerprint density at radius 2 is 2.00 bits per heavy atom. The highest BCUT2D eigenvalue weighted by atomic mass is 35.5. The number of halogens is 1. The van der Waals surface area contributed by atoms with Gasteiger partial charge in [-0.2, -0.15) is 0 Å². The molecule has 3 rings (SSSR count). The fourth-order valence-corrected chi connectivity index (χ4v) is 2.83. The second kappa shape index (κ2) is 7.23. The number of nitrogens with zero attached hydrogens (tertiary/aromatic N) is 1. The molecular weight excluding hydrogens is 340 g/mol. The van der Waals surface area contributed by atoms with Crippen LogP contribution in [0.5, 0.6) is 17.2 Å². The number of rotatable bonds is 6. The Hall–Kier alpha value is -2.40. The summed E-state index contributed by atoms with van der Waals surface area (Å²) in [6.07, 6.45) is 0.00113. The molecule has 0 aliphatic rings. The number of benzene rings is 2. The number of H-pyrrole nitrogens is 1. The fourth-order valence-electron chi connectivity index (χ4n) is 2.57. The van der Waals surface area contributed by atoms with Gasteiger partial charge in [-0.05, 0) is 45.0 Å². The highest BCUT2D eigenvalue weighted by Gasteiger charge is 2.16. The first-order valence-electron chi connectivity index (χ1n) is 8.19. The van der Waals surface area contributed by atoms with Crippen LogP contribution in [0.15, 0.2) is 30.3 Å². The highest BCUT2D eigenvalue weighted by molar-refractivity contribution is 6.32. The maximum atomic E-state index is 6.44. The third kappa shape index (κ3) is 3.66. The van der Waals surface area contributed by atoms with E-state index in [0.717, 1.165) is 22.3 Å². The smallest absolute Gasteiger partial charge is 0.180 e. The number of hydrogen-bond acceptors (Lipinski definition) is 4. The molecule has 25 heavy (non-hydrogen) atoms. The van der Waals surface area contributed by atoms with Crippen LogP contribution in [0.4, 0.5) is 0 Å². The number of aromatic amines is 1. The van der Waals surface area contributed by atoms with Crippen molar-refractivity contribution in [1.29, 1.82) is 0 Å². The summed E-state index contributed by atoms with van der Waals surface area (Å²) < 4.78 is 16.8. The third-order valence-electron chi connectivity index (χ3n) is 3.63. The van der Waals surface area contributed by atoms with Crippen molar-refractivity contribution in [2.75, 3.05) is 13.7 Å². The minimum atomic E-state index is 0.00113. The molecule has 0 bridgehead atoms. The summed E-state index contributed by atoms with van der Waals surface area (Å²) in [5, 5.41) is 0.493. The van der Waals surface area contributed by atoms with Crippen LogP contribution in [0.1, 0.15) is 20.8 Å². The summed E-state index contributed by atoms with van der Waals surface area (Å²) in [7, 11) is 1.64. The van der Waals surface area contributed by atoms with Gasteiger partial charge >= 0.3 is 0 Å². The predicted octanol–water partition coefficient (Wildman–Crippen LogP) is 5.08. The molecule has 0 spiro atoms. The molecule has 0 saturated heterocycles. The van der Waals surface area contributed by atoms with E-state index < -0.39 is 0 Å². The van der Waals surface area contributed by atoms with Crippen LogP contribution >= 0.6 is 11.6 Å². The molecule has 0 radical (unpaired) electrons. The van der Waals surface area contributed by atoms with Gasteiger partial charge in [0.2, 0.25) is 0 Å². The Morgan fingerprint density at radius 3 is 2.68 bits per heavy atom. The first-order valence-corrected chi connectivity index (χ1v) is 8.56. The van der Waals surface area contributed by atoms with Gasteiger partial charge in [0.1, 0.15) is 11.6 Å². The second-order valence-electron chi connectivity index (χ2n) is 5.85.